The van der Waals surface area contributed by atoms with Crippen molar-refractivity contribution >= 4 is 40.5 Å². The Balaban J connectivity index is 1.69. The number of carbonyl (C=O) groups excluding carboxylic acids is 2. The van der Waals surface area contributed by atoms with Gasteiger partial charge in [-0.05, 0) is 24.3 Å². The molecule has 0 bridgehead atoms. The van der Waals surface area contributed by atoms with Crippen LogP contribution in [0.2, 0.25) is 0 Å². The maximum absolute atomic E-state index is 12.1. The van der Waals surface area contributed by atoms with Crippen LogP contribution in [0, 0.1) is 0 Å². The van der Waals surface area contributed by atoms with Crippen LogP contribution in [0.3, 0.4) is 0 Å². The zero-order valence-electron chi connectivity index (χ0n) is 15.3. The summed E-state index contributed by atoms with van der Waals surface area (Å²) in [5, 5.41) is 3.05. The molecule has 0 aliphatic carbocycles. The summed E-state index contributed by atoms with van der Waals surface area (Å²) in [5.74, 6) is -0.718. The van der Waals surface area contributed by atoms with Gasteiger partial charge in [0.15, 0.2) is 16.3 Å². The van der Waals surface area contributed by atoms with Crippen molar-refractivity contribution in [3.8, 4) is 0 Å². The molecule has 1 amide bonds. The fourth-order valence-corrected chi connectivity index (χ4v) is 3.18. The number of aromatic amines is 1. The number of hydrogen-bond donors (Lipinski definition) is 2. The maximum atomic E-state index is 12.1. The number of hydrogen-bond acceptors (Lipinski definition) is 7. The van der Waals surface area contributed by atoms with Gasteiger partial charge in [-0.3, -0.25) is 18.7 Å². The Hall–Kier alpha value is -3.34. The second-order valence-corrected chi connectivity index (χ2v) is 6.82. The first-order valence-electron chi connectivity index (χ1n) is 8.08. The Morgan fingerprint density at radius 1 is 1.18 bits per heavy atom. The zero-order chi connectivity index (χ0) is 20.4. The second-order valence-electron chi connectivity index (χ2n) is 5.85. The molecule has 146 valence electrons. The van der Waals surface area contributed by atoms with Crippen molar-refractivity contribution in [2.24, 2.45) is 14.1 Å². The highest BCUT2D eigenvalue weighted by molar-refractivity contribution is 7.99. The van der Waals surface area contributed by atoms with Crippen molar-refractivity contribution in [3.05, 3.63) is 50.7 Å². The van der Waals surface area contributed by atoms with Crippen molar-refractivity contribution in [1.29, 1.82) is 0 Å². The van der Waals surface area contributed by atoms with Gasteiger partial charge in [-0.25, -0.2) is 14.6 Å². The van der Waals surface area contributed by atoms with Crippen molar-refractivity contribution in [2.45, 2.75) is 5.16 Å². The first-order valence-corrected chi connectivity index (χ1v) is 9.07. The molecule has 0 radical (unpaired) electrons. The van der Waals surface area contributed by atoms with Gasteiger partial charge in [0, 0.05) is 19.8 Å². The average molecular weight is 403 g/mol. The minimum atomic E-state index is -0.479. The molecule has 2 aromatic heterocycles. The monoisotopic (exact) mass is 403 g/mol. The van der Waals surface area contributed by atoms with Crippen molar-refractivity contribution in [1.82, 2.24) is 19.1 Å². The number of thioether (sulfide) groups is 1. The quantitative estimate of drug-likeness (QED) is 0.468. The lowest BCUT2D eigenvalue weighted by atomic mass is 10.2. The third-order valence-corrected chi connectivity index (χ3v) is 4.88. The number of imidazole rings is 1. The first-order chi connectivity index (χ1) is 13.3. The van der Waals surface area contributed by atoms with Gasteiger partial charge in [0.05, 0.1) is 18.4 Å². The molecule has 0 aliphatic heterocycles. The molecule has 1 aromatic carbocycles. The number of benzene rings is 1. The van der Waals surface area contributed by atoms with Gasteiger partial charge in [0.25, 0.3) is 5.56 Å². The third-order valence-electron chi connectivity index (χ3n) is 4.00. The summed E-state index contributed by atoms with van der Waals surface area (Å²) in [6.07, 6.45) is 0. The number of aryl methyl sites for hydroxylation is 1. The maximum Gasteiger partial charge on any atom is 0.337 e. The number of ether oxygens (including phenoxy) is 1. The van der Waals surface area contributed by atoms with Gasteiger partial charge in [-0.2, -0.15) is 0 Å². The highest BCUT2D eigenvalue weighted by Gasteiger charge is 2.14. The number of nitrogens with zero attached hydrogens (tertiary/aromatic N) is 3. The molecule has 0 saturated heterocycles. The standard InChI is InChI=1S/C17H17N5O5S/c1-21-13-12(14(24)22(2)17(21)26)19-16(20-13)28-8-11(23)18-10-6-4-9(5-7-10)15(25)27-3/h4-7H,8H2,1-3H3,(H,18,23)(H,19,20). The summed E-state index contributed by atoms with van der Waals surface area (Å²) in [6.45, 7) is 0. The molecule has 10 nitrogen and oxygen atoms in total. The molecule has 0 spiro atoms. The molecule has 3 aromatic rings. The summed E-state index contributed by atoms with van der Waals surface area (Å²) in [6, 6.07) is 6.28. The van der Waals surface area contributed by atoms with E-state index in [0.717, 1.165) is 16.3 Å². The van der Waals surface area contributed by atoms with Crippen LogP contribution in [0.5, 0.6) is 0 Å². The molecule has 11 heteroatoms. The molecule has 0 atom stereocenters. The molecular formula is C17H17N5O5S. The summed E-state index contributed by atoms with van der Waals surface area (Å²) in [4.78, 5) is 54.7. The molecule has 0 unspecified atom stereocenters. The number of H-pyrrole nitrogens is 1. The Morgan fingerprint density at radius 2 is 1.86 bits per heavy atom. The highest BCUT2D eigenvalue weighted by atomic mass is 32.2. The molecule has 0 fully saturated rings. The number of anilines is 1. The fourth-order valence-electron chi connectivity index (χ4n) is 2.51. The predicted molar refractivity (Wildman–Crippen MR) is 104 cm³/mol. The number of carbonyl (C=O) groups is 2. The fraction of sp³-hybridized carbons (Fsp3) is 0.235. The molecule has 28 heavy (non-hydrogen) atoms. The Labute approximate surface area is 162 Å². The normalized spacial score (nSPS) is 10.8. The number of esters is 1. The van der Waals surface area contributed by atoms with E-state index in [1.54, 1.807) is 24.3 Å². The van der Waals surface area contributed by atoms with Crippen LogP contribution in [0.1, 0.15) is 10.4 Å². The van der Waals surface area contributed by atoms with E-state index in [2.05, 4.69) is 20.0 Å². The van der Waals surface area contributed by atoms with Crippen LogP contribution in [0.15, 0.2) is 39.0 Å². The van der Waals surface area contributed by atoms with Crippen LogP contribution in [0.4, 0.5) is 5.69 Å². The highest BCUT2D eigenvalue weighted by Crippen LogP contribution is 2.17. The molecule has 2 N–H and O–H groups in total. The van der Waals surface area contributed by atoms with Crippen molar-refractivity contribution in [3.63, 3.8) is 0 Å². The summed E-state index contributed by atoms with van der Waals surface area (Å²) in [5.41, 5.74) is 0.380. The van der Waals surface area contributed by atoms with Crippen molar-refractivity contribution in [2.75, 3.05) is 18.2 Å². The summed E-state index contributed by atoms with van der Waals surface area (Å²) < 4.78 is 6.87. The topological polar surface area (TPSA) is 128 Å². The van der Waals surface area contributed by atoms with E-state index in [1.807, 2.05) is 0 Å². The van der Waals surface area contributed by atoms with Crippen LogP contribution in [0.25, 0.3) is 11.2 Å². The van der Waals surface area contributed by atoms with Crippen LogP contribution in [-0.4, -0.2) is 43.8 Å². The number of fused-ring (bicyclic) bond motifs is 1. The van der Waals surface area contributed by atoms with Gasteiger partial charge in [0.2, 0.25) is 5.91 Å². The van der Waals surface area contributed by atoms with E-state index in [0.29, 0.717) is 16.4 Å². The molecule has 0 saturated carbocycles. The number of aromatic nitrogens is 4. The largest absolute Gasteiger partial charge is 0.465 e. The lowest BCUT2D eigenvalue weighted by Gasteiger charge is -2.05. The van der Waals surface area contributed by atoms with Gasteiger partial charge in [-0.1, -0.05) is 11.8 Å². The van der Waals surface area contributed by atoms with Crippen molar-refractivity contribution < 1.29 is 14.3 Å². The third kappa shape index (κ3) is 3.69. The van der Waals surface area contributed by atoms with E-state index in [4.69, 9.17) is 0 Å². The number of rotatable bonds is 5. The molecule has 3 rings (SSSR count). The molecular weight excluding hydrogens is 386 g/mol. The van der Waals surface area contributed by atoms with E-state index in [-0.39, 0.29) is 22.8 Å². The average Bonchev–Trinajstić information content (AvgIpc) is 3.13. The number of nitrogens with one attached hydrogen (secondary N) is 2. The Morgan fingerprint density at radius 3 is 2.50 bits per heavy atom. The van der Waals surface area contributed by atoms with Gasteiger partial charge in [-0.15, -0.1) is 0 Å². The van der Waals surface area contributed by atoms with Gasteiger partial charge >= 0.3 is 11.7 Å². The minimum Gasteiger partial charge on any atom is -0.465 e. The summed E-state index contributed by atoms with van der Waals surface area (Å²) in [7, 11) is 4.20. The minimum absolute atomic E-state index is 0.0346. The lowest BCUT2D eigenvalue weighted by Crippen LogP contribution is -2.36. The van der Waals surface area contributed by atoms with Crippen LogP contribution < -0.4 is 16.6 Å². The lowest BCUT2D eigenvalue weighted by molar-refractivity contribution is -0.113. The van der Waals surface area contributed by atoms with E-state index in [1.165, 1.54) is 25.8 Å². The second kappa shape index (κ2) is 7.72. The first kappa shape index (κ1) is 19.4. The summed E-state index contributed by atoms with van der Waals surface area (Å²) >= 11 is 1.10. The molecule has 2 heterocycles. The Kier molecular flexibility index (Phi) is 5.36. The van der Waals surface area contributed by atoms with Crippen LogP contribution >= 0.6 is 11.8 Å². The zero-order valence-corrected chi connectivity index (χ0v) is 16.1. The van der Waals surface area contributed by atoms with E-state index >= 15 is 0 Å². The van der Waals surface area contributed by atoms with Crippen LogP contribution in [-0.2, 0) is 23.6 Å². The van der Waals surface area contributed by atoms with E-state index < -0.39 is 17.2 Å². The number of amides is 1. The van der Waals surface area contributed by atoms with Gasteiger partial charge < -0.3 is 15.0 Å². The number of methoxy groups -OCH3 is 1. The smallest absolute Gasteiger partial charge is 0.337 e. The Bertz CT molecular complexity index is 1180. The molecule has 0 aliphatic rings. The van der Waals surface area contributed by atoms with E-state index in [9.17, 15) is 19.2 Å². The predicted octanol–water partition coefficient (Wildman–Crippen LogP) is 0.478. The SMILES string of the molecule is COC(=O)c1ccc(NC(=O)CSc2nc3c([nH]2)c(=O)n(C)c(=O)n3C)cc1. The van der Waals surface area contributed by atoms with Gasteiger partial charge in [0.1, 0.15) is 0 Å².